The molecule has 0 bridgehead atoms. The molecule has 7 nitrogen and oxygen atoms in total. The Morgan fingerprint density at radius 3 is 2.29 bits per heavy atom. The fourth-order valence-corrected chi connectivity index (χ4v) is 3.61. The number of carbonyl (C=O) groups excluding carboxylic acids is 1. The van der Waals surface area contributed by atoms with Crippen molar-refractivity contribution in [2.75, 3.05) is 20.8 Å². The summed E-state index contributed by atoms with van der Waals surface area (Å²) in [6.07, 6.45) is 1.35. The summed E-state index contributed by atoms with van der Waals surface area (Å²) in [5.41, 5.74) is 4.20. The van der Waals surface area contributed by atoms with Crippen LogP contribution in [-0.4, -0.2) is 36.8 Å². The van der Waals surface area contributed by atoms with Crippen LogP contribution in [-0.2, 0) is 17.6 Å². The monoisotopic (exact) mass is 457 g/mol. The van der Waals surface area contributed by atoms with Crippen molar-refractivity contribution in [3.8, 4) is 34.0 Å². The van der Waals surface area contributed by atoms with Crippen LogP contribution in [0.4, 0.5) is 0 Å². The topological polar surface area (TPSA) is 86.5 Å². The second-order valence-electron chi connectivity index (χ2n) is 7.74. The molecule has 0 radical (unpaired) electrons. The molecule has 1 amide bonds. The largest absolute Gasteiger partial charge is 0.493 e. The van der Waals surface area contributed by atoms with Gasteiger partial charge in [-0.1, -0.05) is 65.8 Å². The maximum atomic E-state index is 12.2. The highest BCUT2D eigenvalue weighted by molar-refractivity contribution is 5.76. The van der Waals surface area contributed by atoms with Gasteiger partial charge in [-0.05, 0) is 35.2 Å². The fourth-order valence-electron chi connectivity index (χ4n) is 3.61. The van der Waals surface area contributed by atoms with Gasteiger partial charge in [0.1, 0.15) is 0 Å². The van der Waals surface area contributed by atoms with Crippen LogP contribution in [0.15, 0.2) is 77.3 Å². The summed E-state index contributed by atoms with van der Waals surface area (Å²) in [5.74, 6) is 2.25. The van der Waals surface area contributed by atoms with Gasteiger partial charge in [-0.3, -0.25) is 4.79 Å². The average Bonchev–Trinajstić information content (AvgIpc) is 3.37. The molecular weight excluding hydrogens is 430 g/mol. The molecule has 34 heavy (non-hydrogen) atoms. The minimum atomic E-state index is -0.0626. The number of rotatable bonds is 10. The lowest BCUT2D eigenvalue weighted by Crippen LogP contribution is -2.25. The van der Waals surface area contributed by atoms with Gasteiger partial charge < -0.3 is 19.3 Å². The van der Waals surface area contributed by atoms with Crippen LogP contribution in [0, 0.1) is 0 Å². The molecule has 0 aliphatic rings. The molecule has 174 valence electrons. The van der Waals surface area contributed by atoms with Crippen LogP contribution in [0.1, 0.15) is 17.9 Å². The first-order valence-corrected chi connectivity index (χ1v) is 11.1. The van der Waals surface area contributed by atoms with Crippen molar-refractivity contribution in [3.63, 3.8) is 0 Å². The molecule has 7 heteroatoms. The average molecular weight is 458 g/mol. The molecule has 4 aromatic rings. The number of aryl methyl sites for hydroxylation is 1. The first-order valence-electron chi connectivity index (χ1n) is 11.1. The lowest BCUT2D eigenvalue weighted by Gasteiger charge is -2.10. The van der Waals surface area contributed by atoms with Gasteiger partial charge in [0, 0.05) is 24.9 Å². The Morgan fingerprint density at radius 2 is 1.56 bits per heavy atom. The molecule has 0 saturated carbocycles. The number of nitrogens with zero attached hydrogens (tertiary/aromatic N) is 2. The number of benzene rings is 3. The molecule has 0 spiro atoms. The highest BCUT2D eigenvalue weighted by atomic mass is 16.5. The third-order valence-electron chi connectivity index (χ3n) is 5.47. The van der Waals surface area contributed by atoms with E-state index in [4.69, 9.17) is 14.0 Å². The molecule has 0 unspecified atom stereocenters. The van der Waals surface area contributed by atoms with E-state index in [9.17, 15) is 4.79 Å². The first kappa shape index (κ1) is 23.0. The van der Waals surface area contributed by atoms with Crippen molar-refractivity contribution in [3.05, 3.63) is 84.3 Å². The quantitative estimate of drug-likeness (QED) is 0.371. The molecule has 0 saturated heterocycles. The van der Waals surface area contributed by atoms with E-state index in [2.05, 4.69) is 27.6 Å². The normalized spacial score (nSPS) is 10.6. The number of nitrogens with one attached hydrogen (secondary N) is 1. The second kappa shape index (κ2) is 11.1. The number of ether oxygens (including phenoxy) is 2. The second-order valence-corrected chi connectivity index (χ2v) is 7.74. The van der Waals surface area contributed by atoms with Gasteiger partial charge in [-0.15, -0.1) is 0 Å². The van der Waals surface area contributed by atoms with E-state index in [1.165, 1.54) is 0 Å². The summed E-state index contributed by atoms with van der Waals surface area (Å²) in [6.45, 7) is 0.525. The Balaban J connectivity index is 1.25. The van der Waals surface area contributed by atoms with E-state index in [1.54, 1.807) is 14.2 Å². The molecule has 0 aliphatic carbocycles. The van der Waals surface area contributed by atoms with Crippen molar-refractivity contribution in [1.29, 1.82) is 0 Å². The smallest absolute Gasteiger partial charge is 0.227 e. The number of carbonyl (C=O) groups is 1. The molecule has 1 heterocycles. The number of hydrogen-bond donors (Lipinski definition) is 1. The van der Waals surface area contributed by atoms with Crippen LogP contribution >= 0.6 is 0 Å². The predicted octanol–water partition coefficient (Wildman–Crippen LogP) is 4.71. The van der Waals surface area contributed by atoms with E-state index in [0.29, 0.717) is 42.6 Å². The Hall–Kier alpha value is -4.13. The lowest BCUT2D eigenvalue weighted by molar-refractivity contribution is -0.121. The Labute approximate surface area is 198 Å². The van der Waals surface area contributed by atoms with Crippen LogP contribution in [0.3, 0.4) is 0 Å². The minimum absolute atomic E-state index is 0.0626. The van der Waals surface area contributed by atoms with Crippen LogP contribution in [0.5, 0.6) is 11.5 Å². The van der Waals surface area contributed by atoms with Crippen LogP contribution in [0.2, 0.25) is 0 Å². The zero-order valence-electron chi connectivity index (χ0n) is 19.3. The summed E-state index contributed by atoms with van der Waals surface area (Å²) in [5, 5.41) is 6.99. The molecule has 0 atom stereocenters. The summed E-state index contributed by atoms with van der Waals surface area (Å²) in [4.78, 5) is 16.7. The lowest BCUT2D eigenvalue weighted by atomic mass is 10.0. The van der Waals surface area contributed by atoms with Gasteiger partial charge in [0.25, 0.3) is 0 Å². The Kier molecular flexibility index (Phi) is 7.55. The van der Waals surface area contributed by atoms with Gasteiger partial charge in [-0.25, -0.2) is 0 Å². The van der Waals surface area contributed by atoms with Crippen molar-refractivity contribution in [2.24, 2.45) is 0 Å². The van der Waals surface area contributed by atoms with E-state index in [0.717, 1.165) is 22.3 Å². The molecule has 1 aromatic heterocycles. The van der Waals surface area contributed by atoms with Crippen molar-refractivity contribution in [2.45, 2.75) is 19.3 Å². The minimum Gasteiger partial charge on any atom is -0.493 e. The zero-order chi connectivity index (χ0) is 23.8. The summed E-state index contributed by atoms with van der Waals surface area (Å²) >= 11 is 0. The zero-order valence-corrected chi connectivity index (χ0v) is 19.3. The number of aromatic nitrogens is 2. The standard InChI is InChI=1S/C27H27N3O4/c1-32-23-13-8-19(18-24(23)33-2)16-17-28-25(31)14-15-26-29-27(30-34-26)22-11-9-21(10-12-22)20-6-4-3-5-7-20/h3-13,18H,14-17H2,1-2H3,(H,28,31). The third kappa shape index (κ3) is 5.81. The first-order chi connectivity index (χ1) is 16.7. The summed E-state index contributed by atoms with van der Waals surface area (Å²) < 4.78 is 15.9. The number of methoxy groups -OCH3 is 2. The maximum Gasteiger partial charge on any atom is 0.227 e. The molecule has 0 fully saturated rings. The summed E-state index contributed by atoms with van der Waals surface area (Å²) in [7, 11) is 3.21. The van der Waals surface area contributed by atoms with E-state index >= 15 is 0 Å². The van der Waals surface area contributed by atoms with E-state index in [-0.39, 0.29) is 12.3 Å². The maximum absolute atomic E-state index is 12.2. The fraction of sp³-hybridized carbons (Fsp3) is 0.222. The SMILES string of the molecule is COc1ccc(CCNC(=O)CCc2nc(-c3ccc(-c4ccccc4)cc3)no2)cc1OC. The highest BCUT2D eigenvalue weighted by Gasteiger charge is 2.11. The van der Waals surface area contributed by atoms with Crippen LogP contribution < -0.4 is 14.8 Å². The van der Waals surface area contributed by atoms with E-state index in [1.807, 2.05) is 60.7 Å². The number of amides is 1. The molecule has 4 rings (SSSR count). The molecular formula is C27H27N3O4. The molecule has 0 aliphatic heterocycles. The van der Waals surface area contributed by atoms with Crippen molar-refractivity contribution in [1.82, 2.24) is 15.5 Å². The van der Waals surface area contributed by atoms with Gasteiger partial charge in [0.15, 0.2) is 11.5 Å². The third-order valence-corrected chi connectivity index (χ3v) is 5.47. The van der Waals surface area contributed by atoms with Crippen molar-refractivity contribution < 1.29 is 18.8 Å². The Bertz CT molecular complexity index is 1220. The van der Waals surface area contributed by atoms with Crippen molar-refractivity contribution >= 4 is 5.91 Å². The van der Waals surface area contributed by atoms with E-state index < -0.39 is 0 Å². The molecule has 1 N–H and O–H groups in total. The predicted molar refractivity (Wildman–Crippen MR) is 130 cm³/mol. The van der Waals surface area contributed by atoms with Gasteiger partial charge in [0.05, 0.1) is 14.2 Å². The van der Waals surface area contributed by atoms with Crippen LogP contribution in [0.25, 0.3) is 22.5 Å². The molecule has 3 aromatic carbocycles. The summed E-state index contributed by atoms with van der Waals surface area (Å²) in [6, 6.07) is 23.9. The Morgan fingerprint density at radius 1 is 0.853 bits per heavy atom. The van der Waals surface area contributed by atoms with Gasteiger partial charge in [0.2, 0.25) is 17.6 Å². The van der Waals surface area contributed by atoms with Gasteiger partial charge in [-0.2, -0.15) is 4.98 Å². The highest BCUT2D eigenvalue weighted by Crippen LogP contribution is 2.27. The van der Waals surface area contributed by atoms with Gasteiger partial charge >= 0.3 is 0 Å². The number of hydrogen-bond acceptors (Lipinski definition) is 6.